The molecule has 0 amide bonds. The zero-order valence-corrected chi connectivity index (χ0v) is 14.3. The molecule has 1 aliphatic heterocycles. The molecule has 1 atom stereocenters. The lowest BCUT2D eigenvalue weighted by Crippen LogP contribution is -2.30. The topological polar surface area (TPSA) is 50.2 Å². The van der Waals surface area contributed by atoms with Crippen molar-refractivity contribution in [1.82, 2.24) is 14.7 Å². The van der Waals surface area contributed by atoms with Crippen molar-refractivity contribution in [1.29, 1.82) is 0 Å². The molecule has 0 spiro atoms. The largest absolute Gasteiger partial charge is 0.379 e. The summed E-state index contributed by atoms with van der Waals surface area (Å²) in [6.45, 7) is 7.05. The number of hydrogen-bond acceptors (Lipinski definition) is 4. The summed E-state index contributed by atoms with van der Waals surface area (Å²) >= 11 is 3.44. The highest BCUT2D eigenvalue weighted by Gasteiger charge is 2.34. The van der Waals surface area contributed by atoms with Gasteiger partial charge in [-0.2, -0.15) is 5.10 Å². The van der Waals surface area contributed by atoms with E-state index in [2.05, 4.69) is 45.1 Å². The fraction of sp³-hybridized carbons (Fsp3) is 0.733. The highest BCUT2D eigenvalue weighted by Crippen LogP contribution is 2.31. The van der Waals surface area contributed by atoms with Crippen LogP contribution in [0.5, 0.6) is 0 Å². The number of halogens is 1. The van der Waals surface area contributed by atoms with Gasteiger partial charge < -0.3 is 5.32 Å². The van der Waals surface area contributed by atoms with Gasteiger partial charge in [-0.1, -0.05) is 13.8 Å². The Hall–Kier alpha value is -0.880. The first-order chi connectivity index (χ1) is 10.0. The van der Waals surface area contributed by atoms with Gasteiger partial charge in [0.25, 0.3) is 5.56 Å². The van der Waals surface area contributed by atoms with Gasteiger partial charge in [-0.3, -0.25) is 9.69 Å². The first kappa shape index (κ1) is 15.0. The first-order valence-corrected chi connectivity index (χ1v) is 8.60. The van der Waals surface area contributed by atoms with E-state index in [4.69, 9.17) is 0 Å². The average Bonchev–Trinajstić information content (AvgIpc) is 3.18. The Morgan fingerprint density at radius 3 is 2.86 bits per heavy atom. The monoisotopic (exact) mass is 354 g/mol. The van der Waals surface area contributed by atoms with E-state index >= 15 is 0 Å². The lowest BCUT2D eigenvalue weighted by Gasteiger charge is -2.17. The molecule has 5 nitrogen and oxygen atoms in total. The fourth-order valence-electron chi connectivity index (χ4n) is 2.94. The normalized spacial score (nSPS) is 23.0. The summed E-state index contributed by atoms with van der Waals surface area (Å²) in [4.78, 5) is 14.8. The van der Waals surface area contributed by atoms with Gasteiger partial charge >= 0.3 is 0 Å². The number of rotatable bonds is 5. The molecule has 1 unspecified atom stereocenters. The van der Waals surface area contributed by atoms with Gasteiger partial charge in [0, 0.05) is 31.7 Å². The number of nitrogens with one attached hydrogen (secondary N) is 1. The summed E-state index contributed by atoms with van der Waals surface area (Å²) < 4.78 is 2.13. The molecule has 1 saturated carbocycles. The molecule has 21 heavy (non-hydrogen) atoms. The van der Waals surface area contributed by atoms with E-state index in [9.17, 15) is 4.79 Å². The van der Waals surface area contributed by atoms with Gasteiger partial charge in [0.1, 0.15) is 4.47 Å². The quantitative estimate of drug-likeness (QED) is 0.881. The van der Waals surface area contributed by atoms with Crippen LogP contribution in [0.3, 0.4) is 0 Å². The summed E-state index contributed by atoms with van der Waals surface area (Å²) in [5.74, 6) is 0.405. The molecular weight excluding hydrogens is 332 g/mol. The van der Waals surface area contributed by atoms with Crippen molar-refractivity contribution in [3.63, 3.8) is 0 Å². The van der Waals surface area contributed by atoms with Gasteiger partial charge in [0.2, 0.25) is 0 Å². The molecule has 116 valence electrons. The fourth-order valence-corrected chi connectivity index (χ4v) is 3.36. The van der Waals surface area contributed by atoms with Crippen molar-refractivity contribution in [2.24, 2.45) is 5.92 Å². The zero-order valence-electron chi connectivity index (χ0n) is 12.7. The Balaban J connectivity index is 1.68. The molecule has 2 fully saturated rings. The van der Waals surface area contributed by atoms with Gasteiger partial charge in [-0.15, -0.1) is 0 Å². The molecule has 2 aliphatic rings. The molecule has 1 aliphatic carbocycles. The van der Waals surface area contributed by atoms with Crippen LogP contribution in [-0.4, -0.2) is 39.9 Å². The number of aromatic nitrogens is 2. The predicted molar refractivity (Wildman–Crippen MR) is 87.7 cm³/mol. The minimum atomic E-state index is -0.0502. The molecule has 1 N–H and O–H groups in total. The first-order valence-electron chi connectivity index (χ1n) is 7.81. The molecule has 1 aromatic rings. The van der Waals surface area contributed by atoms with Crippen LogP contribution in [0, 0.1) is 5.92 Å². The van der Waals surface area contributed by atoms with E-state index in [0.717, 1.165) is 31.2 Å². The summed E-state index contributed by atoms with van der Waals surface area (Å²) in [6, 6.07) is 1.24. The van der Waals surface area contributed by atoms with Crippen LogP contribution in [0.15, 0.2) is 15.5 Å². The maximum atomic E-state index is 12.3. The van der Waals surface area contributed by atoms with Crippen LogP contribution < -0.4 is 10.9 Å². The van der Waals surface area contributed by atoms with Crippen LogP contribution in [-0.2, 0) is 6.54 Å². The SMILES string of the molecule is CC(C)Cn1ncc(NC2CCN(C3CC3)C2)c(Br)c1=O. The van der Waals surface area contributed by atoms with Crippen LogP contribution >= 0.6 is 15.9 Å². The third kappa shape index (κ3) is 3.48. The molecule has 1 aromatic heterocycles. The van der Waals surface area contributed by atoms with E-state index in [0.29, 0.717) is 23.0 Å². The average molecular weight is 355 g/mol. The maximum absolute atomic E-state index is 12.3. The lowest BCUT2D eigenvalue weighted by atomic mass is 10.2. The summed E-state index contributed by atoms with van der Waals surface area (Å²) in [7, 11) is 0. The van der Waals surface area contributed by atoms with Gasteiger partial charge in [0.15, 0.2) is 0 Å². The predicted octanol–water partition coefficient (Wildman–Crippen LogP) is 2.31. The van der Waals surface area contributed by atoms with Gasteiger partial charge in [0.05, 0.1) is 11.9 Å². The minimum Gasteiger partial charge on any atom is -0.379 e. The molecule has 0 radical (unpaired) electrons. The number of nitrogens with zero attached hydrogens (tertiary/aromatic N) is 3. The third-order valence-electron chi connectivity index (χ3n) is 4.17. The molecule has 3 rings (SSSR count). The van der Waals surface area contributed by atoms with Crippen molar-refractivity contribution in [2.75, 3.05) is 18.4 Å². The number of anilines is 1. The van der Waals surface area contributed by atoms with Crippen LogP contribution in [0.1, 0.15) is 33.1 Å². The second kappa shape index (κ2) is 6.08. The van der Waals surface area contributed by atoms with Crippen LogP contribution in [0.4, 0.5) is 5.69 Å². The molecular formula is C15H23BrN4O. The van der Waals surface area contributed by atoms with Crippen molar-refractivity contribution in [3.05, 3.63) is 21.0 Å². The summed E-state index contributed by atoms with van der Waals surface area (Å²) in [6.07, 6.45) is 5.61. The van der Waals surface area contributed by atoms with E-state index in [1.807, 2.05) is 0 Å². The zero-order chi connectivity index (χ0) is 15.0. The molecule has 6 heteroatoms. The van der Waals surface area contributed by atoms with Crippen molar-refractivity contribution in [2.45, 2.75) is 51.7 Å². The van der Waals surface area contributed by atoms with E-state index in [-0.39, 0.29) is 5.56 Å². The second-order valence-electron chi connectivity index (χ2n) is 6.61. The van der Waals surface area contributed by atoms with Crippen molar-refractivity contribution >= 4 is 21.6 Å². The second-order valence-corrected chi connectivity index (χ2v) is 7.40. The molecule has 0 bridgehead atoms. The van der Waals surface area contributed by atoms with Crippen LogP contribution in [0.2, 0.25) is 0 Å². The van der Waals surface area contributed by atoms with E-state index in [1.54, 1.807) is 6.20 Å². The van der Waals surface area contributed by atoms with Gasteiger partial charge in [-0.25, -0.2) is 4.68 Å². The molecule has 1 saturated heterocycles. The number of hydrogen-bond donors (Lipinski definition) is 1. The standard InChI is InChI=1S/C15H23BrN4O/c1-10(2)8-20-15(21)14(16)13(7-17-20)18-11-5-6-19(9-11)12-3-4-12/h7,10-12,18H,3-6,8-9H2,1-2H3. The molecule has 0 aromatic carbocycles. The Morgan fingerprint density at radius 2 is 2.19 bits per heavy atom. The highest BCUT2D eigenvalue weighted by molar-refractivity contribution is 9.10. The van der Waals surface area contributed by atoms with Crippen molar-refractivity contribution < 1.29 is 0 Å². The van der Waals surface area contributed by atoms with Crippen molar-refractivity contribution in [3.8, 4) is 0 Å². The third-order valence-corrected chi connectivity index (χ3v) is 4.93. The number of likely N-dealkylation sites (tertiary alicyclic amines) is 1. The van der Waals surface area contributed by atoms with E-state index in [1.165, 1.54) is 17.5 Å². The lowest BCUT2D eigenvalue weighted by molar-refractivity contribution is 0.326. The molecule has 2 heterocycles. The summed E-state index contributed by atoms with van der Waals surface area (Å²) in [5, 5.41) is 7.76. The summed E-state index contributed by atoms with van der Waals surface area (Å²) in [5.41, 5.74) is 0.772. The highest BCUT2D eigenvalue weighted by atomic mass is 79.9. The minimum absolute atomic E-state index is 0.0502. The Labute approximate surface area is 133 Å². The van der Waals surface area contributed by atoms with E-state index < -0.39 is 0 Å². The Bertz CT molecular complexity index is 567. The Kier molecular flexibility index (Phi) is 4.36. The smallest absolute Gasteiger partial charge is 0.283 e. The Morgan fingerprint density at radius 1 is 1.43 bits per heavy atom. The van der Waals surface area contributed by atoms with Crippen LogP contribution in [0.25, 0.3) is 0 Å². The van der Waals surface area contributed by atoms with Gasteiger partial charge in [-0.05, 0) is 41.1 Å². The maximum Gasteiger partial charge on any atom is 0.283 e.